The summed E-state index contributed by atoms with van der Waals surface area (Å²) in [7, 11) is 1.66. The minimum atomic E-state index is -0.575. The highest BCUT2D eigenvalue weighted by molar-refractivity contribution is 5.96. The quantitative estimate of drug-likeness (QED) is 0.199. The topological polar surface area (TPSA) is 74.3 Å². The molecule has 1 amide bonds. The van der Waals surface area contributed by atoms with Gasteiger partial charge in [-0.1, -0.05) is 18.2 Å². The Morgan fingerprint density at radius 2 is 1.76 bits per heavy atom. The van der Waals surface area contributed by atoms with Crippen LogP contribution < -0.4 is 9.47 Å². The summed E-state index contributed by atoms with van der Waals surface area (Å²) in [5, 5.41) is 0. The Labute approximate surface area is 221 Å². The van der Waals surface area contributed by atoms with Crippen LogP contribution in [0.1, 0.15) is 63.2 Å². The van der Waals surface area contributed by atoms with E-state index in [1.807, 2.05) is 39.0 Å². The largest absolute Gasteiger partial charge is 0.497 e. The van der Waals surface area contributed by atoms with Gasteiger partial charge in [0.15, 0.2) is 17.3 Å². The normalized spacial score (nSPS) is 14.3. The third kappa shape index (κ3) is 9.83. The molecular formula is C30H41NO6. The van der Waals surface area contributed by atoms with Gasteiger partial charge in [0.1, 0.15) is 24.6 Å². The minimum Gasteiger partial charge on any atom is -0.497 e. The van der Waals surface area contributed by atoms with Crippen LogP contribution in [0.5, 0.6) is 11.5 Å². The molecule has 0 atom stereocenters. The van der Waals surface area contributed by atoms with E-state index in [1.54, 1.807) is 30.2 Å². The minimum absolute atomic E-state index is 0.0534. The van der Waals surface area contributed by atoms with Crippen LogP contribution in [0.4, 0.5) is 4.79 Å². The molecule has 1 heterocycles. The van der Waals surface area contributed by atoms with Gasteiger partial charge in [0, 0.05) is 25.1 Å². The highest BCUT2D eigenvalue weighted by Gasteiger charge is 2.23. The molecule has 1 aromatic carbocycles. The van der Waals surface area contributed by atoms with Crippen molar-refractivity contribution in [3.05, 3.63) is 72.6 Å². The third-order valence-corrected chi connectivity index (χ3v) is 5.71. The Morgan fingerprint density at radius 3 is 2.46 bits per heavy atom. The molecule has 3 rings (SSSR count). The molecule has 0 unspecified atom stereocenters. The number of ketones is 1. The molecule has 1 aromatic rings. The maximum Gasteiger partial charge on any atom is 0.410 e. The predicted molar refractivity (Wildman–Crippen MR) is 146 cm³/mol. The molecule has 0 bridgehead atoms. The van der Waals surface area contributed by atoms with Crippen LogP contribution in [0.25, 0.3) is 0 Å². The van der Waals surface area contributed by atoms with Gasteiger partial charge in [-0.05, 0) is 76.3 Å². The molecule has 202 valence electrons. The summed E-state index contributed by atoms with van der Waals surface area (Å²) in [4.78, 5) is 27.3. The molecule has 0 fully saturated rings. The molecule has 0 aromatic heterocycles. The molecule has 1 aliphatic heterocycles. The number of allylic oxidation sites excluding steroid dienone is 4. The van der Waals surface area contributed by atoms with Crippen molar-refractivity contribution in [2.24, 2.45) is 0 Å². The first-order valence-corrected chi connectivity index (χ1v) is 12.8. The van der Waals surface area contributed by atoms with Crippen LogP contribution in [-0.4, -0.2) is 55.8 Å². The third-order valence-electron chi connectivity index (χ3n) is 5.71. The van der Waals surface area contributed by atoms with E-state index in [0.29, 0.717) is 69.0 Å². The number of rotatable bonds is 10. The summed E-state index contributed by atoms with van der Waals surface area (Å²) in [5.41, 5.74) is 1.18. The van der Waals surface area contributed by atoms with Crippen molar-refractivity contribution in [1.82, 2.24) is 4.90 Å². The number of hydrogen-bond donors (Lipinski definition) is 0. The van der Waals surface area contributed by atoms with Crippen LogP contribution in [0.15, 0.2) is 67.0 Å². The number of fused-ring (bicyclic) bond motifs is 1. The van der Waals surface area contributed by atoms with Gasteiger partial charge in [0.25, 0.3) is 0 Å². The SMILES string of the molecule is C=C.COC1=C(CCN(CCCCC(=O)c2ccc3c(c2)OCCO3)C(=O)OC(C)(C)C)CC=CC=C1. The first-order chi connectivity index (χ1) is 17.8. The van der Waals surface area contributed by atoms with E-state index in [9.17, 15) is 9.59 Å². The summed E-state index contributed by atoms with van der Waals surface area (Å²) < 4.78 is 22.3. The van der Waals surface area contributed by atoms with Crippen LogP contribution in [0.3, 0.4) is 0 Å². The second-order valence-electron chi connectivity index (χ2n) is 9.62. The van der Waals surface area contributed by atoms with Crippen molar-refractivity contribution in [1.29, 1.82) is 0 Å². The number of methoxy groups -OCH3 is 1. The Morgan fingerprint density at radius 1 is 1.03 bits per heavy atom. The maximum atomic E-state index is 12.9. The van der Waals surface area contributed by atoms with E-state index in [2.05, 4.69) is 19.2 Å². The fourth-order valence-electron chi connectivity index (χ4n) is 3.93. The lowest BCUT2D eigenvalue weighted by molar-refractivity contribution is 0.0248. The lowest BCUT2D eigenvalue weighted by atomic mass is 10.0. The molecule has 37 heavy (non-hydrogen) atoms. The zero-order chi connectivity index (χ0) is 27.3. The van der Waals surface area contributed by atoms with Crippen molar-refractivity contribution >= 4 is 11.9 Å². The number of amides is 1. The molecule has 0 spiro atoms. The number of benzene rings is 1. The molecule has 7 nitrogen and oxygen atoms in total. The monoisotopic (exact) mass is 511 g/mol. The first-order valence-electron chi connectivity index (χ1n) is 12.8. The number of carbonyl (C=O) groups excluding carboxylic acids is 2. The fourth-order valence-corrected chi connectivity index (χ4v) is 3.93. The van der Waals surface area contributed by atoms with E-state index in [-0.39, 0.29) is 11.9 Å². The highest BCUT2D eigenvalue weighted by atomic mass is 16.6. The van der Waals surface area contributed by atoms with Crippen molar-refractivity contribution in [3.8, 4) is 11.5 Å². The summed E-state index contributed by atoms with van der Waals surface area (Å²) >= 11 is 0. The van der Waals surface area contributed by atoms with Crippen molar-refractivity contribution in [2.45, 2.75) is 58.5 Å². The number of ether oxygens (including phenoxy) is 4. The smallest absolute Gasteiger partial charge is 0.410 e. The van der Waals surface area contributed by atoms with Crippen molar-refractivity contribution < 1.29 is 28.5 Å². The molecule has 2 aliphatic rings. The van der Waals surface area contributed by atoms with Gasteiger partial charge in [0.2, 0.25) is 0 Å². The lowest BCUT2D eigenvalue weighted by Crippen LogP contribution is -2.38. The molecule has 0 saturated carbocycles. The summed E-state index contributed by atoms with van der Waals surface area (Å²) in [5.74, 6) is 2.18. The number of hydrogen-bond acceptors (Lipinski definition) is 6. The predicted octanol–water partition coefficient (Wildman–Crippen LogP) is 6.66. The molecule has 7 heteroatoms. The van der Waals surface area contributed by atoms with Crippen molar-refractivity contribution in [3.63, 3.8) is 0 Å². The van der Waals surface area contributed by atoms with Gasteiger partial charge in [0.05, 0.1) is 7.11 Å². The average Bonchev–Trinajstić information content (AvgIpc) is 3.12. The van der Waals surface area contributed by atoms with Crippen LogP contribution in [0, 0.1) is 0 Å². The zero-order valence-electron chi connectivity index (χ0n) is 22.7. The summed E-state index contributed by atoms with van der Waals surface area (Å²) in [6, 6.07) is 5.31. The van der Waals surface area contributed by atoms with Gasteiger partial charge in [-0.3, -0.25) is 4.79 Å². The highest BCUT2D eigenvalue weighted by Crippen LogP contribution is 2.31. The second-order valence-corrected chi connectivity index (χ2v) is 9.62. The molecule has 0 saturated heterocycles. The van der Waals surface area contributed by atoms with Crippen LogP contribution in [-0.2, 0) is 9.47 Å². The van der Waals surface area contributed by atoms with E-state index in [0.717, 1.165) is 17.8 Å². The lowest BCUT2D eigenvalue weighted by Gasteiger charge is -2.28. The number of carbonyl (C=O) groups is 2. The Bertz CT molecular complexity index is 1000. The van der Waals surface area contributed by atoms with Crippen LogP contribution in [0.2, 0.25) is 0 Å². The van der Waals surface area contributed by atoms with Crippen LogP contribution >= 0.6 is 0 Å². The number of nitrogens with zero attached hydrogens (tertiary/aromatic N) is 1. The average molecular weight is 512 g/mol. The molecular weight excluding hydrogens is 470 g/mol. The van der Waals surface area contributed by atoms with Crippen molar-refractivity contribution in [2.75, 3.05) is 33.4 Å². The summed E-state index contributed by atoms with van der Waals surface area (Å²) in [6.45, 7) is 13.6. The van der Waals surface area contributed by atoms with Gasteiger partial charge in [-0.25, -0.2) is 4.79 Å². The second kappa shape index (κ2) is 14.9. The Balaban J connectivity index is 0.00000235. The van der Waals surface area contributed by atoms with E-state index >= 15 is 0 Å². The number of unbranched alkanes of at least 4 members (excludes halogenated alkanes) is 1. The molecule has 0 radical (unpaired) electrons. The van der Waals surface area contributed by atoms with Gasteiger partial charge >= 0.3 is 6.09 Å². The zero-order valence-corrected chi connectivity index (χ0v) is 22.7. The Kier molecular flexibility index (Phi) is 12.0. The van der Waals surface area contributed by atoms with Gasteiger partial charge < -0.3 is 23.8 Å². The Hall–Kier alpha value is -3.48. The van der Waals surface area contributed by atoms with E-state index < -0.39 is 5.60 Å². The standard InChI is InChI=1S/C28H37NO6.C2H4/c1-28(2,3)35-27(31)29(17-15-21-10-6-5-7-12-24(21)32-4)16-9-8-11-23(30)22-13-14-25-26(20-22)34-19-18-33-25;1-2/h5-7,12-14,20H,8-11,15-19H2,1-4H3;1-2H2. The molecule has 1 aliphatic carbocycles. The maximum absolute atomic E-state index is 12.9. The van der Waals surface area contributed by atoms with E-state index in [4.69, 9.17) is 18.9 Å². The van der Waals surface area contributed by atoms with E-state index in [1.165, 1.54) is 0 Å². The fraction of sp³-hybridized carbons (Fsp3) is 0.467. The number of Topliss-reactive ketones (excluding diaryl/α,β-unsaturated/α-hetero) is 1. The molecule has 0 N–H and O–H groups in total. The van der Waals surface area contributed by atoms with Gasteiger partial charge in [-0.15, -0.1) is 13.2 Å². The van der Waals surface area contributed by atoms with Gasteiger partial charge in [-0.2, -0.15) is 0 Å². The first kappa shape index (κ1) is 29.7. The summed E-state index contributed by atoms with van der Waals surface area (Å²) in [6.07, 6.45) is 10.9.